The topological polar surface area (TPSA) is 35.2 Å². The van der Waals surface area contributed by atoms with Crippen molar-refractivity contribution in [2.75, 3.05) is 7.11 Å². The highest BCUT2D eigenvalue weighted by molar-refractivity contribution is 9.10. The van der Waals surface area contributed by atoms with Crippen LogP contribution in [0.2, 0.25) is 0 Å². The molecule has 0 saturated heterocycles. The Hall–Kier alpha value is -0.840. The number of ether oxygens (including phenoxy) is 1. The zero-order valence-corrected chi connectivity index (χ0v) is 13.1. The Kier molecular flexibility index (Phi) is 4.10. The minimum atomic E-state index is -0.0935. The highest BCUT2D eigenvalue weighted by atomic mass is 79.9. The molecule has 2 rings (SSSR count). The zero-order valence-electron chi connectivity index (χ0n) is 10.7. The van der Waals surface area contributed by atoms with E-state index in [1.54, 1.807) is 18.4 Å². The van der Waals surface area contributed by atoms with Gasteiger partial charge in [0.25, 0.3) is 0 Å². The summed E-state index contributed by atoms with van der Waals surface area (Å²) in [6, 6.07) is 6.10. The summed E-state index contributed by atoms with van der Waals surface area (Å²) in [4.78, 5) is 1.16. The van der Waals surface area contributed by atoms with Gasteiger partial charge in [-0.1, -0.05) is 6.07 Å². The monoisotopic (exact) mass is 325 g/mol. The maximum Gasteiger partial charge on any atom is 0.122 e. The predicted octanol–water partition coefficient (Wildman–Crippen LogP) is 4.18. The first-order valence-electron chi connectivity index (χ1n) is 5.68. The van der Waals surface area contributed by atoms with E-state index >= 15 is 0 Å². The minimum Gasteiger partial charge on any atom is -0.496 e. The van der Waals surface area contributed by atoms with E-state index < -0.39 is 0 Å². The third-order valence-corrected chi connectivity index (χ3v) is 5.00. The number of aryl methyl sites for hydroxylation is 2. The van der Waals surface area contributed by atoms with Gasteiger partial charge in [-0.2, -0.15) is 0 Å². The van der Waals surface area contributed by atoms with Crippen molar-refractivity contribution in [3.8, 4) is 5.75 Å². The summed E-state index contributed by atoms with van der Waals surface area (Å²) in [7, 11) is 1.69. The van der Waals surface area contributed by atoms with E-state index in [-0.39, 0.29) is 6.04 Å². The maximum absolute atomic E-state index is 6.36. The lowest BCUT2D eigenvalue weighted by atomic mass is 9.98. The lowest BCUT2D eigenvalue weighted by Crippen LogP contribution is -2.12. The third kappa shape index (κ3) is 2.46. The molecule has 1 aromatic heterocycles. The Labute approximate surface area is 120 Å². The van der Waals surface area contributed by atoms with Gasteiger partial charge in [0.15, 0.2) is 0 Å². The van der Waals surface area contributed by atoms with Crippen LogP contribution < -0.4 is 10.5 Å². The van der Waals surface area contributed by atoms with Gasteiger partial charge in [0.1, 0.15) is 5.75 Å². The van der Waals surface area contributed by atoms with E-state index in [2.05, 4.69) is 28.9 Å². The number of hydrogen-bond acceptors (Lipinski definition) is 3. The average Bonchev–Trinajstić information content (AvgIpc) is 2.77. The van der Waals surface area contributed by atoms with Crippen LogP contribution in [0, 0.1) is 13.8 Å². The van der Waals surface area contributed by atoms with E-state index in [1.807, 2.05) is 24.4 Å². The molecule has 1 unspecified atom stereocenters. The fourth-order valence-corrected chi connectivity index (χ4v) is 3.67. The molecule has 96 valence electrons. The normalized spacial score (nSPS) is 12.5. The summed E-state index contributed by atoms with van der Waals surface area (Å²) < 4.78 is 6.40. The summed E-state index contributed by atoms with van der Waals surface area (Å²) in [6.07, 6.45) is 0. The molecule has 0 saturated carbocycles. The van der Waals surface area contributed by atoms with Crippen LogP contribution >= 0.6 is 27.3 Å². The standard InChI is InChI=1S/C14H16BrNOS/c1-8-7-12(17-3)9(2)6-10(8)13(16)14-11(15)4-5-18-14/h4-7,13H,16H2,1-3H3. The molecule has 4 heteroatoms. The number of rotatable bonds is 3. The Balaban J connectivity index is 2.46. The van der Waals surface area contributed by atoms with Crippen LogP contribution in [-0.4, -0.2) is 7.11 Å². The average molecular weight is 326 g/mol. The van der Waals surface area contributed by atoms with Gasteiger partial charge in [-0.3, -0.25) is 0 Å². The molecular weight excluding hydrogens is 310 g/mol. The van der Waals surface area contributed by atoms with Crippen molar-refractivity contribution < 1.29 is 4.74 Å². The van der Waals surface area contributed by atoms with E-state index in [0.717, 1.165) is 31.8 Å². The van der Waals surface area contributed by atoms with Crippen molar-refractivity contribution in [2.45, 2.75) is 19.9 Å². The highest BCUT2D eigenvalue weighted by Gasteiger charge is 2.17. The molecule has 1 heterocycles. The molecule has 1 atom stereocenters. The zero-order chi connectivity index (χ0) is 13.3. The van der Waals surface area contributed by atoms with Crippen LogP contribution in [0.15, 0.2) is 28.1 Å². The van der Waals surface area contributed by atoms with Gasteiger partial charge in [-0.15, -0.1) is 11.3 Å². The second-order valence-corrected chi connectivity index (χ2v) is 6.09. The van der Waals surface area contributed by atoms with Crippen LogP contribution in [-0.2, 0) is 0 Å². The lowest BCUT2D eigenvalue weighted by Gasteiger charge is -2.17. The number of hydrogen-bond donors (Lipinski definition) is 1. The molecule has 2 N–H and O–H groups in total. The first-order chi connectivity index (χ1) is 8.54. The SMILES string of the molecule is COc1cc(C)c(C(N)c2sccc2Br)cc1C. The second kappa shape index (κ2) is 5.43. The Bertz CT molecular complexity index is 565. The van der Waals surface area contributed by atoms with Crippen molar-refractivity contribution in [1.29, 1.82) is 0 Å². The molecule has 0 radical (unpaired) electrons. The van der Waals surface area contributed by atoms with Gasteiger partial charge in [0, 0.05) is 9.35 Å². The second-order valence-electron chi connectivity index (χ2n) is 4.29. The number of thiophene rings is 1. The van der Waals surface area contributed by atoms with Crippen molar-refractivity contribution in [1.82, 2.24) is 0 Å². The maximum atomic E-state index is 6.36. The number of benzene rings is 1. The van der Waals surface area contributed by atoms with Gasteiger partial charge in [0.2, 0.25) is 0 Å². The largest absolute Gasteiger partial charge is 0.496 e. The van der Waals surface area contributed by atoms with Gasteiger partial charge in [-0.25, -0.2) is 0 Å². The fraction of sp³-hybridized carbons (Fsp3) is 0.286. The molecular formula is C14H16BrNOS. The number of methoxy groups -OCH3 is 1. The predicted molar refractivity (Wildman–Crippen MR) is 80.5 cm³/mol. The lowest BCUT2D eigenvalue weighted by molar-refractivity contribution is 0.411. The smallest absolute Gasteiger partial charge is 0.122 e. The van der Waals surface area contributed by atoms with Crippen LogP contribution in [0.5, 0.6) is 5.75 Å². The van der Waals surface area contributed by atoms with E-state index in [1.165, 1.54) is 0 Å². The summed E-state index contributed by atoms with van der Waals surface area (Å²) >= 11 is 5.21. The molecule has 2 aromatic rings. The van der Waals surface area contributed by atoms with Crippen LogP contribution in [0.25, 0.3) is 0 Å². The molecule has 0 aliphatic rings. The molecule has 0 bridgehead atoms. The number of halogens is 1. The fourth-order valence-electron chi connectivity index (χ4n) is 2.04. The summed E-state index contributed by atoms with van der Waals surface area (Å²) in [6.45, 7) is 4.11. The summed E-state index contributed by atoms with van der Waals surface area (Å²) in [5.74, 6) is 0.911. The van der Waals surface area contributed by atoms with Gasteiger partial charge < -0.3 is 10.5 Å². The van der Waals surface area contributed by atoms with E-state index in [9.17, 15) is 0 Å². The first kappa shape index (κ1) is 13.6. The van der Waals surface area contributed by atoms with Crippen molar-refractivity contribution in [3.63, 3.8) is 0 Å². The van der Waals surface area contributed by atoms with Crippen molar-refractivity contribution in [3.05, 3.63) is 49.6 Å². The van der Waals surface area contributed by atoms with Crippen LogP contribution in [0.3, 0.4) is 0 Å². The van der Waals surface area contributed by atoms with Crippen LogP contribution in [0.4, 0.5) is 0 Å². The van der Waals surface area contributed by atoms with Gasteiger partial charge >= 0.3 is 0 Å². The summed E-state index contributed by atoms with van der Waals surface area (Å²) in [5.41, 5.74) is 9.78. The molecule has 0 spiro atoms. The molecule has 0 aliphatic heterocycles. The Morgan fingerprint density at radius 3 is 2.56 bits per heavy atom. The third-order valence-electron chi connectivity index (χ3n) is 3.05. The molecule has 18 heavy (non-hydrogen) atoms. The summed E-state index contributed by atoms with van der Waals surface area (Å²) in [5, 5.41) is 2.05. The Morgan fingerprint density at radius 2 is 2.00 bits per heavy atom. The van der Waals surface area contributed by atoms with Gasteiger partial charge in [-0.05, 0) is 64.0 Å². The Morgan fingerprint density at radius 1 is 1.28 bits per heavy atom. The van der Waals surface area contributed by atoms with Crippen molar-refractivity contribution in [2.24, 2.45) is 5.73 Å². The minimum absolute atomic E-state index is 0.0935. The van der Waals surface area contributed by atoms with Crippen molar-refractivity contribution >= 4 is 27.3 Å². The van der Waals surface area contributed by atoms with E-state index in [0.29, 0.717) is 0 Å². The quantitative estimate of drug-likeness (QED) is 0.918. The highest BCUT2D eigenvalue weighted by Crippen LogP contribution is 2.34. The first-order valence-corrected chi connectivity index (χ1v) is 7.35. The number of nitrogens with two attached hydrogens (primary N) is 1. The van der Waals surface area contributed by atoms with E-state index in [4.69, 9.17) is 10.5 Å². The molecule has 0 amide bonds. The molecule has 1 aromatic carbocycles. The molecule has 2 nitrogen and oxygen atoms in total. The molecule has 0 aliphatic carbocycles. The van der Waals surface area contributed by atoms with Crippen LogP contribution in [0.1, 0.15) is 27.6 Å². The van der Waals surface area contributed by atoms with Gasteiger partial charge in [0.05, 0.1) is 13.2 Å². The molecule has 0 fully saturated rings.